The van der Waals surface area contributed by atoms with Crippen molar-refractivity contribution in [2.24, 2.45) is 0 Å². The van der Waals surface area contributed by atoms with E-state index in [1.54, 1.807) is 0 Å². The molecule has 13 heteroatoms. The van der Waals surface area contributed by atoms with Crippen LogP contribution in [0.4, 0.5) is 14.4 Å². The van der Waals surface area contributed by atoms with Crippen LogP contribution in [0.2, 0.25) is 0 Å². The van der Waals surface area contributed by atoms with E-state index in [0.717, 1.165) is 0 Å². The van der Waals surface area contributed by atoms with Crippen molar-refractivity contribution in [2.45, 2.75) is 0 Å². The molecule has 0 unspecified atom stereocenters. The van der Waals surface area contributed by atoms with E-state index in [1.807, 2.05) is 0 Å². The van der Waals surface area contributed by atoms with E-state index >= 15 is 0 Å². The molecule has 0 aliphatic rings. The van der Waals surface area contributed by atoms with Crippen molar-refractivity contribution >= 4 is 18.5 Å². The average molecular weight is 287 g/mol. The predicted octanol–water partition coefficient (Wildman–Crippen LogP) is -3.13. The number of hydrogen-bond acceptors (Lipinski definition) is 9. The van der Waals surface area contributed by atoms with E-state index < -0.39 is 18.5 Å². The van der Waals surface area contributed by atoms with Gasteiger partial charge in [-0.2, -0.15) is 0 Å². The summed E-state index contributed by atoms with van der Waals surface area (Å²) in [5.41, 5.74) is 0. The zero-order chi connectivity index (χ0) is 12.9. The van der Waals surface area contributed by atoms with Gasteiger partial charge < -0.3 is 45.8 Å². The summed E-state index contributed by atoms with van der Waals surface area (Å²) in [6.45, 7) is 0. The molecule has 0 aromatic rings. The Bertz CT molecular complexity index is 155. The molecule has 0 fully saturated rings. The maximum atomic E-state index is 8.83. The molecule has 0 rings (SSSR count). The van der Waals surface area contributed by atoms with Crippen LogP contribution in [0.3, 0.4) is 0 Å². The number of hydrogen-bond donors (Lipinski definition) is 3. The van der Waals surface area contributed by atoms with E-state index in [0.29, 0.717) is 0 Å². The van der Waals surface area contributed by atoms with Gasteiger partial charge in [0.25, 0.3) is 0 Å². The van der Waals surface area contributed by atoms with Gasteiger partial charge in [0.1, 0.15) is 0 Å². The molecular weight excluding hydrogens is 284 g/mol. The van der Waals surface area contributed by atoms with Gasteiger partial charge >= 0.3 is 35.5 Å². The fourth-order valence-corrected chi connectivity index (χ4v) is 0. The Kier molecular flexibility index (Phi) is 28.1. The molecule has 0 heterocycles. The Morgan fingerprint density at radius 2 is 0.750 bits per heavy atom. The molecule has 0 saturated heterocycles. The first kappa shape index (κ1) is 23.8. The maximum Gasteiger partial charge on any atom is 3.00 e. The van der Waals surface area contributed by atoms with Crippen molar-refractivity contribution in [1.82, 2.24) is 0 Å². The normalized spacial score (nSPS) is 6.19. The Morgan fingerprint density at radius 1 is 0.688 bits per heavy atom. The molecular formula is C3H3FeO12. The summed E-state index contributed by atoms with van der Waals surface area (Å²) < 4.78 is 0. The van der Waals surface area contributed by atoms with Crippen molar-refractivity contribution in [3.8, 4) is 0 Å². The van der Waals surface area contributed by atoms with Crippen LogP contribution in [0.5, 0.6) is 0 Å². The largest absolute Gasteiger partial charge is 3.00 e. The minimum absolute atomic E-state index is 0. The van der Waals surface area contributed by atoms with Crippen molar-refractivity contribution < 1.29 is 77.2 Å². The fraction of sp³-hybridized carbons (Fsp3) is 0. The molecule has 0 spiro atoms. The second-order valence-electron chi connectivity index (χ2n) is 1.05. The first-order valence-corrected chi connectivity index (χ1v) is 2.40. The molecule has 1 radical (unpaired) electrons. The molecule has 0 saturated carbocycles. The van der Waals surface area contributed by atoms with Crippen LogP contribution < -0.4 is 15.8 Å². The molecule has 0 aromatic carbocycles. The third kappa shape index (κ3) is 86.6. The topological polar surface area (TPSA) is 209 Å². The van der Waals surface area contributed by atoms with Crippen molar-refractivity contribution in [3.63, 3.8) is 0 Å². The summed E-state index contributed by atoms with van der Waals surface area (Å²) in [4.78, 5) is 33.8. The molecule has 12 nitrogen and oxygen atoms in total. The van der Waals surface area contributed by atoms with Gasteiger partial charge in [-0.05, 0) is 0 Å². The fourth-order valence-electron chi connectivity index (χ4n) is 0. The van der Waals surface area contributed by atoms with Crippen LogP contribution >= 0.6 is 0 Å². The predicted molar refractivity (Wildman–Crippen MR) is 27.3 cm³/mol. The summed E-state index contributed by atoms with van der Waals surface area (Å²) in [7, 11) is 0. The standard InChI is InChI=1S/3CH2O4.Fe/c3*2-1(3)5-4;/h3*4H,(H,2,3);/q;;;+3/p-3. The molecule has 0 aliphatic carbocycles. The first-order valence-electron chi connectivity index (χ1n) is 2.40. The third-order valence-corrected chi connectivity index (χ3v) is 0.214. The second-order valence-corrected chi connectivity index (χ2v) is 1.05. The SMILES string of the molecule is O=C(O)O[O-].O=C(O)O[O-].O=C(O)O[O-].[Fe+3]. The molecule has 95 valence electrons. The average Bonchev–Trinajstić information content (AvgIpc) is 2.19. The minimum atomic E-state index is -1.80. The van der Waals surface area contributed by atoms with E-state index in [2.05, 4.69) is 14.7 Å². The van der Waals surface area contributed by atoms with Gasteiger partial charge in [0.2, 0.25) is 0 Å². The Hall–Kier alpha value is -1.79. The van der Waals surface area contributed by atoms with Crippen molar-refractivity contribution in [3.05, 3.63) is 0 Å². The van der Waals surface area contributed by atoms with Crippen molar-refractivity contribution in [1.29, 1.82) is 0 Å². The Morgan fingerprint density at radius 3 is 0.750 bits per heavy atom. The van der Waals surface area contributed by atoms with Crippen molar-refractivity contribution in [2.75, 3.05) is 0 Å². The summed E-state index contributed by atoms with van der Waals surface area (Å²) in [5, 5.41) is 47.2. The molecule has 0 bridgehead atoms. The van der Waals surface area contributed by atoms with Crippen LogP contribution in [0.25, 0.3) is 0 Å². The van der Waals surface area contributed by atoms with Gasteiger partial charge in [0, 0.05) is 0 Å². The summed E-state index contributed by atoms with van der Waals surface area (Å²) >= 11 is 0. The monoisotopic (exact) mass is 287 g/mol. The Labute approximate surface area is 96.5 Å². The summed E-state index contributed by atoms with van der Waals surface area (Å²) in [6.07, 6.45) is -5.40. The Balaban J connectivity index is -0.0000000655. The zero-order valence-corrected chi connectivity index (χ0v) is 7.97. The molecule has 0 amide bonds. The number of carboxylic acid groups (broad SMARTS) is 3. The van der Waals surface area contributed by atoms with Crippen LogP contribution in [-0.2, 0) is 31.7 Å². The second kappa shape index (κ2) is 18.9. The zero-order valence-electron chi connectivity index (χ0n) is 6.87. The molecule has 3 N–H and O–H groups in total. The van der Waals surface area contributed by atoms with Crippen LogP contribution in [0.15, 0.2) is 0 Å². The van der Waals surface area contributed by atoms with E-state index in [9.17, 15) is 0 Å². The summed E-state index contributed by atoms with van der Waals surface area (Å²) in [5.74, 6) is 0. The van der Waals surface area contributed by atoms with Crippen LogP contribution in [0.1, 0.15) is 0 Å². The number of carbonyl (C=O) groups is 3. The van der Waals surface area contributed by atoms with E-state index in [-0.39, 0.29) is 17.1 Å². The maximum absolute atomic E-state index is 8.83. The van der Waals surface area contributed by atoms with E-state index in [4.69, 9.17) is 45.5 Å². The third-order valence-electron chi connectivity index (χ3n) is 0.214. The smallest absolute Gasteiger partial charge is 0.659 e. The molecule has 0 aromatic heterocycles. The molecule has 0 aliphatic heterocycles. The van der Waals surface area contributed by atoms with Gasteiger partial charge in [-0.25, -0.2) is 14.4 Å². The molecule has 0 atom stereocenters. The van der Waals surface area contributed by atoms with Gasteiger partial charge in [-0.1, -0.05) is 0 Å². The summed E-state index contributed by atoms with van der Waals surface area (Å²) in [6, 6.07) is 0. The van der Waals surface area contributed by atoms with Gasteiger partial charge in [0.05, 0.1) is 0 Å². The first-order chi connectivity index (χ1) is 6.81. The van der Waals surface area contributed by atoms with Crippen LogP contribution in [-0.4, -0.2) is 33.8 Å². The van der Waals surface area contributed by atoms with Gasteiger partial charge in [0.15, 0.2) is 0 Å². The quantitative estimate of drug-likeness (QED) is 0.229. The van der Waals surface area contributed by atoms with Crippen LogP contribution in [0, 0.1) is 0 Å². The van der Waals surface area contributed by atoms with Gasteiger partial charge in [-0.15, -0.1) is 0 Å². The minimum Gasteiger partial charge on any atom is -0.659 e. The number of rotatable bonds is 0. The van der Waals surface area contributed by atoms with Gasteiger partial charge in [-0.3, -0.25) is 0 Å². The molecule has 16 heavy (non-hydrogen) atoms. The van der Waals surface area contributed by atoms with E-state index in [1.165, 1.54) is 0 Å².